The maximum atomic E-state index is 8.46. The maximum absolute atomic E-state index is 8.46. The van der Waals surface area contributed by atoms with Gasteiger partial charge in [0.2, 0.25) is 0 Å². The lowest BCUT2D eigenvalue weighted by Crippen LogP contribution is -1.98. The van der Waals surface area contributed by atoms with Crippen molar-refractivity contribution in [1.82, 2.24) is 0 Å². The molecule has 1 aliphatic heterocycles. The van der Waals surface area contributed by atoms with Crippen LogP contribution in [0.4, 0.5) is 0 Å². The van der Waals surface area contributed by atoms with Gasteiger partial charge in [0.15, 0.2) is 0 Å². The lowest BCUT2D eigenvalue weighted by atomic mass is 10.3. The lowest BCUT2D eigenvalue weighted by molar-refractivity contribution is 0.242. The molecule has 1 aliphatic rings. The predicted molar refractivity (Wildman–Crippen MR) is 34.2 cm³/mol. The Balaban J connectivity index is 1.99. The van der Waals surface area contributed by atoms with Gasteiger partial charge >= 0.3 is 0 Å². The van der Waals surface area contributed by atoms with Gasteiger partial charge in [-0.1, -0.05) is 15.9 Å². The Morgan fingerprint density at radius 2 is 2.25 bits per heavy atom. The van der Waals surface area contributed by atoms with E-state index in [-0.39, 0.29) is 12.7 Å². The molecule has 0 radical (unpaired) electrons. The van der Waals surface area contributed by atoms with E-state index in [2.05, 4.69) is 15.9 Å². The van der Waals surface area contributed by atoms with Gasteiger partial charge in [0.1, 0.15) is 6.10 Å². The van der Waals surface area contributed by atoms with Crippen LogP contribution < -0.4 is 0 Å². The summed E-state index contributed by atoms with van der Waals surface area (Å²) in [5, 5.41) is 9.43. The number of hydrogen-bond acceptors (Lipinski definition) is 2. The van der Waals surface area contributed by atoms with Crippen molar-refractivity contribution in [3.63, 3.8) is 0 Å². The zero-order valence-corrected chi connectivity index (χ0v) is 6.10. The van der Waals surface area contributed by atoms with Crippen molar-refractivity contribution >= 4 is 15.9 Å². The van der Waals surface area contributed by atoms with Gasteiger partial charge in [0.25, 0.3) is 0 Å². The number of epoxide rings is 1. The van der Waals surface area contributed by atoms with Gasteiger partial charge in [0.05, 0.1) is 12.7 Å². The van der Waals surface area contributed by atoms with E-state index in [0.29, 0.717) is 6.10 Å². The fourth-order valence-corrected chi connectivity index (χ4v) is 1.15. The molecular formula is C5H9BrO2. The summed E-state index contributed by atoms with van der Waals surface area (Å²) in [6, 6.07) is 0. The molecule has 1 rings (SSSR count). The van der Waals surface area contributed by atoms with Crippen molar-refractivity contribution in [2.24, 2.45) is 0 Å². The summed E-state index contributed by atoms with van der Waals surface area (Å²) in [7, 11) is 0. The van der Waals surface area contributed by atoms with Crippen LogP contribution in [0.15, 0.2) is 0 Å². The smallest absolute Gasteiger partial charge is 0.107 e. The topological polar surface area (TPSA) is 32.8 Å². The molecule has 0 aromatic carbocycles. The predicted octanol–water partition coefficient (Wildman–Crippen LogP) is 0.531. The Kier molecular flexibility index (Phi) is 2.28. The van der Waals surface area contributed by atoms with Gasteiger partial charge in [-0.15, -0.1) is 0 Å². The second-order valence-corrected chi connectivity index (χ2v) is 2.67. The number of hydrogen-bond donors (Lipinski definition) is 1. The number of aliphatic hydroxyl groups is 1. The molecule has 3 heteroatoms. The van der Waals surface area contributed by atoms with E-state index in [4.69, 9.17) is 9.84 Å². The van der Waals surface area contributed by atoms with Gasteiger partial charge in [-0.05, 0) is 6.42 Å². The molecule has 48 valence electrons. The van der Waals surface area contributed by atoms with E-state index in [1.165, 1.54) is 0 Å². The van der Waals surface area contributed by atoms with Crippen LogP contribution in [0.2, 0.25) is 0 Å². The fourth-order valence-electron chi connectivity index (χ4n) is 0.701. The second kappa shape index (κ2) is 2.80. The molecule has 0 aromatic rings. The lowest BCUT2D eigenvalue weighted by Gasteiger charge is -1.82. The average Bonchev–Trinajstić information content (AvgIpc) is 2.48. The highest BCUT2D eigenvalue weighted by Gasteiger charge is 2.36. The molecule has 1 fully saturated rings. The first-order valence-electron chi connectivity index (χ1n) is 2.70. The Hall–Kier alpha value is 0.400. The monoisotopic (exact) mass is 180 g/mol. The largest absolute Gasteiger partial charge is 0.394 e. The summed E-state index contributed by atoms with van der Waals surface area (Å²) in [6.07, 6.45) is 1.50. The number of ether oxygens (including phenoxy) is 1. The molecule has 1 N–H and O–H groups in total. The fraction of sp³-hybridized carbons (Fsp3) is 1.00. The Morgan fingerprint density at radius 3 is 2.62 bits per heavy atom. The van der Waals surface area contributed by atoms with E-state index in [9.17, 15) is 0 Å². The first-order chi connectivity index (χ1) is 3.88. The van der Waals surface area contributed by atoms with Crippen LogP contribution in [0, 0.1) is 0 Å². The maximum Gasteiger partial charge on any atom is 0.107 e. The summed E-state index contributed by atoms with van der Waals surface area (Å²) in [5.74, 6) is 0. The van der Waals surface area contributed by atoms with Gasteiger partial charge in [-0.3, -0.25) is 0 Å². The van der Waals surface area contributed by atoms with Crippen molar-refractivity contribution < 1.29 is 9.84 Å². The highest BCUT2D eigenvalue weighted by molar-refractivity contribution is 9.09. The minimum absolute atomic E-state index is 0.146. The van der Waals surface area contributed by atoms with E-state index < -0.39 is 0 Å². The molecule has 2 unspecified atom stereocenters. The summed E-state index contributed by atoms with van der Waals surface area (Å²) in [5.41, 5.74) is 0. The first-order valence-corrected chi connectivity index (χ1v) is 3.83. The highest BCUT2D eigenvalue weighted by atomic mass is 79.9. The van der Waals surface area contributed by atoms with E-state index in [0.717, 1.165) is 11.8 Å². The van der Waals surface area contributed by atoms with Crippen molar-refractivity contribution in [2.75, 3.05) is 11.9 Å². The third-order valence-electron chi connectivity index (χ3n) is 1.26. The van der Waals surface area contributed by atoms with Crippen LogP contribution in [-0.4, -0.2) is 29.3 Å². The normalized spacial score (nSPS) is 35.2. The molecule has 1 saturated heterocycles. The zero-order chi connectivity index (χ0) is 5.98. The Labute approximate surface area is 57.0 Å². The molecule has 0 aliphatic carbocycles. The Bertz CT molecular complexity index is 76.8. The number of aliphatic hydroxyl groups excluding tert-OH is 1. The van der Waals surface area contributed by atoms with Crippen LogP contribution in [0.3, 0.4) is 0 Å². The van der Waals surface area contributed by atoms with Crippen LogP contribution in [0.1, 0.15) is 6.42 Å². The zero-order valence-electron chi connectivity index (χ0n) is 4.51. The van der Waals surface area contributed by atoms with Crippen molar-refractivity contribution in [3.8, 4) is 0 Å². The molecule has 0 amide bonds. The molecule has 0 spiro atoms. The second-order valence-electron chi connectivity index (χ2n) is 1.87. The van der Waals surface area contributed by atoms with Crippen LogP contribution in [0.5, 0.6) is 0 Å². The third kappa shape index (κ3) is 1.44. The van der Waals surface area contributed by atoms with Crippen molar-refractivity contribution in [3.05, 3.63) is 0 Å². The highest BCUT2D eigenvalue weighted by Crippen LogP contribution is 2.24. The van der Waals surface area contributed by atoms with E-state index >= 15 is 0 Å². The minimum Gasteiger partial charge on any atom is -0.394 e. The summed E-state index contributed by atoms with van der Waals surface area (Å²) < 4.78 is 5.03. The molecule has 2 nitrogen and oxygen atoms in total. The van der Waals surface area contributed by atoms with Gasteiger partial charge in [0, 0.05) is 5.33 Å². The van der Waals surface area contributed by atoms with Crippen molar-refractivity contribution in [2.45, 2.75) is 18.6 Å². The van der Waals surface area contributed by atoms with Crippen molar-refractivity contribution in [1.29, 1.82) is 0 Å². The Morgan fingerprint density at radius 1 is 1.50 bits per heavy atom. The number of rotatable bonds is 3. The summed E-state index contributed by atoms with van der Waals surface area (Å²) in [4.78, 5) is 0. The standard InChI is InChI=1S/C5H9BrO2/c6-2-1-4-5(3-7)8-4/h4-5,7H,1-3H2. The van der Waals surface area contributed by atoms with E-state index in [1.807, 2.05) is 0 Å². The average molecular weight is 181 g/mol. The van der Waals surface area contributed by atoms with Gasteiger partial charge < -0.3 is 9.84 Å². The molecular weight excluding hydrogens is 172 g/mol. The first kappa shape index (κ1) is 6.52. The molecule has 0 aromatic heterocycles. The number of halogens is 1. The minimum atomic E-state index is 0.146. The molecule has 8 heavy (non-hydrogen) atoms. The summed E-state index contributed by atoms with van der Waals surface area (Å²) >= 11 is 3.28. The van der Waals surface area contributed by atoms with E-state index in [1.54, 1.807) is 0 Å². The number of alkyl halides is 1. The molecule has 0 saturated carbocycles. The molecule has 1 heterocycles. The molecule has 2 atom stereocenters. The molecule has 0 bridgehead atoms. The quantitative estimate of drug-likeness (QED) is 0.508. The van der Waals surface area contributed by atoms with Crippen LogP contribution in [-0.2, 0) is 4.74 Å². The summed E-state index contributed by atoms with van der Waals surface area (Å²) in [6.45, 7) is 0.178. The third-order valence-corrected chi connectivity index (χ3v) is 1.72. The van der Waals surface area contributed by atoms with Crippen LogP contribution >= 0.6 is 15.9 Å². The SMILES string of the molecule is OCC1OC1CCBr. The van der Waals surface area contributed by atoms with Crippen LogP contribution in [0.25, 0.3) is 0 Å². The van der Waals surface area contributed by atoms with Gasteiger partial charge in [-0.2, -0.15) is 0 Å². The van der Waals surface area contributed by atoms with Gasteiger partial charge in [-0.25, -0.2) is 0 Å².